The fourth-order valence-electron chi connectivity index (χ4n) is 4.27. The number of carbonyl (C=O) groups excluding carboxylic acids is 2. The maximum Gasteiger partial charge on any atom is 0.253 e. The van der Waals surface area contributed by atoms with Crippen LogP contribution in [0, 0.1) is 0 Å². The van der Waals surface area contributed by atoms with E-state index in [2.05, 4.69) is 34.3 Å². The third kappa shape index (κ3) is 9.74. The highest BCUT2D eigenvalue weighted by molar-refractivity contribution is 14.0. The van der Waals surface area contributed by atoms with Crippen LogP contribution < -0.4 is 11.1 Å². The number of nitrogens with two attached hydrogens (primary N) is 1. The minimum absolute atomic E-state index is 0. The molecule has 0 saturated carbocycles. The van der Waals surface area contributed by atoms with E-state index in [4.69, 9.17) is 17.3 Å². The van der Waals surface area contributed by atoms with Gasteiger partial charge in [-0.3, -0.25) is 9.59 Å². The van der Waals surface area contributed by atoms with E-state index in [9.17, 15) is 9.59 Å². The summed E-state index contributed by atoms with van der Waals surface area (Å²) in [5.74, 6) is -0.00152. The van der Waals surface area contributed by atoms with E-state index in [1.54, 1.807) is 28.7 Å². The number of rotatable bonds is 7. The zero-order valence-electron chi connectivity index (χ0n) is 22.9. The summed E-state index contributed by atoms with van der Waals surface area (Å²) in [6.07, 6.45) is 1.91. The first kappa shape index (κ1) is 33.4. The molecule has 0 spiro atoms. The van der Waals surface area contributed by atoms with E-state index in [1.807, 2.05) is 84.9 Å². The molecule has 0 bridgehead atoms. The lowest BCUT2D eigenvalue weighted by molar-refractivity contribution is 0.0955. The van der Waals surface area contributed by atoms with Gasteiger partial charge in [0, 0.05) is 27.4 Å². The van der Waals surface area contributed by atoms with E-state index in [0.29, 0.717) is 12.1 Å². The number of hydrogen-bond donors (Lipinski definition) is 2. The average molecular weight is 727 g/mol. The van der Waals surface area contributed by atoms with Crippen LogP contribution in [0.5, 0.6) is 0 Å². The maximum atomic E-state index is 12.3. The quantitative estimate of drug-likeness (QED) is 0.128. The van der Waals surface area contributed by atoms with Crippen molar-refractivity contribution in [1.82, 2.24) is 5.32 Å². The van der Waals surface area contributed by atoms with Crippen LogP contribution in [0.15, 0.2) is 120 Å². The first-order valence-corrected chi connectivity index (χ1v) is 15.4. The topological polar surface area (TPSA) is 72.2 Å². The molecule has 2 aromatic heterocycles. The molecule has 2 heterocycles. The lowest BCUT2D eigenvalue weighted by Gasteiger charge is -2.07. The summed E-state index contributed by atoms with van der Waals surface area (Å²) in [6, 6.07) is 35.3. The molecule has 3 N–H and O–H groups in total. The molecule has 216 valence electrons. The van der Waals surface area contributed by atoms with Crippen molar-refractivity contribution in [2.75, 3.05) is 13.1 Å². The van der Waals surface area contributed by atoms with Crippen LogP contribution in [-0.4, -0.2) is 24.2 Å². The van der Waals surface area contributed by atoms with E-state index < -0.39 is 5.24 Å². The molecule has 0 aliphatic heterocycles. The lowest BCUT2D eigenvalue weighted by Crippen LogP contribution is -2.25. The van der Waals surface area contributed by atoms with Gasteiger partial charge in [0.1, 0.15) is 0 Å². The predicted octanol–water partition coefficient (Wildman–Crippen LogP) is 8.96. The Morgan fingerprint density at radius 1 is 0.643 bits per heavy atom. The van der Waals surface area contributed by atoms with Crippen molar-refractivity contribution < 1.29 is 9.59 Å². The first-order valence-electron chi connectivity index (χ1n) is 13.2. The summed E-state index contributed by atoms with van der Waals surface area (Å²) in [6.45, 7) is 1.43. The number of fused-ring (bicyclic) bond motifs is 2. The molecule has 42 heavy (non-hydrogen) atoms. The smallest absolute Gasteiger partial charge is 0.253 e. The number of halogens is 2. The largest absolute Gasteiger partial charge is 0.352 e. The monoisotopic (exact) mass is 726 g/mol. The highest BCUT2D eigenvalue weighted by Crippen LogP contribution is 2.20. The lowest BCUT2D eigenvalue weighted by atomic mass is 10.0. The van der Waals surface area contributed by atoms with Gasteiger partial charge < -0.3 is 11.1 Å². The SMILES string of the molecule is I.NCCc1cccs1.O=C(Cl)c1cccc2ccccc12.O=C(NCCc1cccs1)c1cccc2ccccc12. The number of carbonyl (C=O) groups is 2. The van der Waals surface area contributed by atoms with Crippen molar-refractivity contribution >= 4 is 90.9 Å². The summed E-state index contributed by atoms with van der Waals surface area (Å²) in [5.41, 5.74) is 6.64. The molecule has 0 aliphatic carbocycles. The minimum Gasteiger partial charge on any atom is -0.352 e. The Balaban J connectivity index is 0.000000189. The zero-order chi connectivity index (χ0) is 28.9. The van der Waals surface area contributed by atoms with Crippen LogP contribution in [0.2, 0.25) is 0 Å². The number of nitrogens with one attached hydrogen (secondary N) is 1. The second-order valence-electron chi connectivity index (χ2n) is 9.03. The standard InChI is InChI=1S/C17H15NOS.C11H7ClO.C6H9NS.HI/c19-17(18-11-10-14-7-4-12-20-14)16-9-3-6-13-5-1-2-8-15(13)16;12-11(13)10-7-3-5-8-4-1-2-6-9(8)10;7-4-3-6-2-1-5-8-6;/h1-9,12H,10-11H2,(H,18,19);1-7H;1-2,5H,3-4,7H2;1H. The Labute approximate surface area is 276 Å². The maximum absolute atomic E-state index is 12.3. The van der Waals surface area contributed by atoms with Gasteiger partial charge in [-0.15, -0.1) is 46.7 Å². The molecule has 1 amide bonds. The number of amides is 1. The normalized spacial score (nSPS) is 10.0. The fourth-order valence-corrected chi connectivity index (χ4v) is 5.87. The van der Waals surface area contributed by atoms with Crippen LogP contribution in [0.3, 0.4) is 0 Å². The van der Waals surface area contributed by atoms with Gasteiger partial charge in [-0.05, 0) is 87.6 Å². The molecule has 0 fully saturated rings. The van der Waals surface area contributed by atoms with Crippen LogP contribution in [0.4, 0.5) is 0 Å². The van der Waals surface area contributed by atoms with Crippen molar-refractivity contribution in [2.24, 2.45) is 5.73 Å². The Morgan fingerprint density at radius 2 is 1.14 bits per heavy atom. The second kappa shape index (κ2) is 17.8. The fraction of sp³-hybridized carbons (Fsp3) is 0.118. The van der Waals surface area contributed by atoms with Gasteiger partial charge >= 0.3 is 0 Å². The highest BCUT2D eigenvalue weighted by atomic mass is 127. The van der Waals surface area contributed by atoms with Crippen LogP contribution in [0.1, 0.15) is 30.5 Å². The third-order valence-electron chi connectivity index (χ3n) is 6.24. The average Bonchev–Trinajstić information content (AvgIpc) is 3.72. The highest BCUT2D eigenvalue weighted by Gasteiger charge is 2.09. The Kier molecular flexibility index (Phi) is 14.1. The third-order valence-corrected chi connectivity index (χ3v) is 8.32. The summed E-state index contributed by atoms with van der Waals surface area (Å²) >= 11 is 8.93. The molecule has 8 heteroatoms. The molecule has 4 aromatic carbocycles. The molecule has 0 atom stereocenters. The number of hydrogen-bond acceptors (Lipinski definition) is 5. The molecule has 0 unspecified atom stereocenters. The van der Waals surface area contributed by atoms with Crippen molar-refractivity contribution in [2.45, 2.75) is 12.8 Å². The van der Waals surface area contributed by atoms with Gasteiger partial charge in [-0.1, -0.05) is 84.9 Å². The van der Waals surface area contributed by atoms with Gasteiger partial charge in [0.05, 0.1) is 0 Å². The zero-order valence-corrected chi connectivity index (χ0v) is 27.6. The van der Waals surface area contributed by atoms with Crippen molar-refractivity contribution in [3.63, 3.8) is 0 Å². The molecule has 0 saturated heterocycles. The van der Waals surface area contributed by atoms with E-state index in [0.717, 1.165) is 46.5 Å². The Bertz CT molecular complexity index is 1680. The van der Waals surface area contributed by atoms with Crippen LogP contribution >= 0.6 is 58.3 Å². The minimum atomic E-state index is -0.406. The Morgan fingerprint density at radius 3 is 1.67 bits per heavy atom. The van der Waals surface area contributed by atoms with Gasteiger partial charge in [0.25, 0.3) is 11.1 Å². The van der Waals surface area contributed by atoms with Gasteiger partial charge in [0.15, 0.2) is 0 Å². The van der Waals surface area contributed by atoms with Gasteiger partial charge in [0.2, 0.25) is 0 Å². The van der Waals surface area contributed by atoms with Crippen molar-refractivity contribution in [3.05, 3.63) is 141 Å². The Hall–Kier alpha value is -3.08. The molecule has 6 aromatic rings. The van der Waals surface area contributed by atoms with Crippen LogP contribution in [-0.2, 0) is 12.8 Å². The summed E-state index contributed by atoms with van der Waals surface area (Å²) < 4.78 is 0. The molecular weight excluding hydrogens is 695 g/mol. The molecular formula is C34H32ClIN2O2S2. The van der Waals surface area contributed by atoms with Gasteiger partial charge in [-0.25, -0.2) is 0 Å². The summed E-state index contributed by atoms with van der Waals surface area (Å²) in [5, 5.41) is 10.8. The number of benzene rings is 4. The van der Waals surface area contributed by atoms with E-state index in [-0.39, 0.29) is 29.9 Å². The molecule has 0 radical (unpaired) electrons. The van der Waals surface area contributed by atoms with Gasteiger partial charge in [-0.2, -0.15) is 0 Å². The van der Waals surface area contributed by atoms with Crippen LogP contribution in [0.25, 0.3) is 21.5 Å². The van der Waals surface area contributed by atoms with E-state index in [1.165, 1.54) is 9.75 Å². The van der Waals surface area contributed by atoms with Crippen molar-refractivity contribution in [3.8, 4) is 0 Å². The molecule has 4 nitrogen and oxygen atoms in total. The summed E-state index contributed by atoms with van der Waals surface area (Å²) in [4.78, 5) is 26.0. The summed E-state index contributed by atoms with van der Waals surface area (Å²) in [7, 11) is 0. The van der Waals surface area contributed by atoms with Crippen molar-refractivity contribution in [1.29, 1.82) is 0 Å². The predicted molar refractivity (Wildman–Crippen MR) is 191 cm³/mol. The number of thiophene rings is 2. The second-order valence-corrected chi connectivity index (χ2v) is 11.4. The molecule has 6 rings (SSSR count). The van der Waals surface area contributed by atoms with E-state index >= 15 is 0 Å². The first-order chi connectivity index (χ1) is 20.1. The molecule has 0 aliphatic rings.